The van der Waals surface area contributed by atoms with Crippen LogP contribution in [0.15, 0.2) is 30.3 Å². The lowest BCUT2D eigenvalue weighted by Crippen LogP contribution is -2.23. The molecule has 0 bridgehead atoms. The van der Waals surface area contributed by atoms with E-state index in [0.717, 1.165) is 0 Å². The number of benzene rings is 1. The van der Waals surface area contributed by atoms with Crippen molar-refractivity contribution in [1.82, 2.24) is 14.9 Å². The van der Waals surface area contributed by atoms with Crippen molar-refractivity contribution in [3.8, 4) is 0 Å². The molecule has 0 radical (unpaired) electrons. The van der Waals surface area contributed by atoms with Crippen molar-refractivity contribution >= 4 is 18.1 Å². The Hall–Kier alpha value is -1.95. The molecule has 1 amide bonds. The largest absolute Gasteiger partial charge is 0.270 e. The van der Waals surface area contributed by atoms with Crippen LogP contribution in [0.25, 0.3) is 0 Å². The van der Waals surface area contributed by atoms with Gasteiger partial charge >= 0.3 is 0 Å². The molecule has 82 valence electrons. The van der Waals surface area contributed by atoms with Gasteiger partial charge in [0.05, 0.1) is 0 Å². The number of aromatic amines is 1. The van der Waals surface area contributed by atoms with Gasteiger partial charge in [-0.05, 0) is 31.3 Å². The number of carbonyl (C=O) groups excluding carboxylic acids is 1. The van der Waals surface area contributed by atoms with Gasteiger partial charge in [-0.15, -0.1) is 0 Å². The first-order valence-electron chi connectivity index (χ1n) is 4.69. The van der Waals surface area contributed by atoms with Gasteiger partial charge in [-0.25, -0.2) is 4.68 Å². The first-order valence-corrected chi connectivity index (χ1v) is 5.10. The van der Waals surface area contributed by atoms with E-state index in [1.165, 1.54) is 4.68 Å². The van der Waals surface area contributed by atoms with Crippen molar-refractivity contribution in [2.75, 3.05) is 5.43 Å². The summed E-state index contributed by atoms with van der Waals surface area (Å²) in [6, 6.07) is 8.92. The van der Waals surface area contributed by atoms with Crippen molar-refractivity contribution in [1.29, 1.82) is 0 Å². The predicted molar refractivity (Wildman–Crippen MR) is 62.3 cm³/mol. The molecule has 0 spiro atoms. The molecular formula is C10H10N4OS. The molecule has 2 N–H and O–H groups in total. The van der Waals surface area contributed by atoms with Gasteiger partial charge in [0.25, 0.3) is 5.91 Å². The van der Waals surface area contributed by atoms with Crippen molar-refractivity contribution in [2.45, 2.75) is 6.92 Å². The molecule has 2 rings (SSSR count). The van der Waals surface area contributed by atoms with Crippen molar-refractivity contribution in [2.24, 2.45) is 0 Å². The monoisotopic (exact) mass is 234 g/mol. The van der Waals surface area contributed by atoms with Gasteiger partial charge in [-0.2, -0.15) is 5.10 Å². The molecule has 0 fully saturated rings. The Morgan fingerprint density at radius 1 is 1.44 bits per heavy atom. The lowest BCUT2D eigenvalue weighted by Gasteiger charge is -2.06. The normalized spacial score (nSPS) is 10.1. The van der Waals surface area contributed by atoms with E-state index in [0.29, 0.717) is 16.2 Å². The third kappa shape index (κ3) is 2.01. The third-order valence-corrected chi connectivity index (χ3v) is 2.36. The van der Waals surface area contributed by atoms with E-state index < -0.39 is 0 Å². The predicted octanol–water partition coefficient (Wildman–Crippen LogP) is 1.63. The molecule has 0 saturated heterocycles. The second kappa shape index (κ2) is 4.28. The number of hydrogen-bond donors (Lipinski definition) is 2. The number of nitrogens with zero attached hydrogens (tertiary/aromatic N) is 2. The van der Waals surface area contributed by atoms with Gasteiger partial charge in [-0.3, -0.25) is 15.3 Å². The number of carbonyl (C=O) groups is 1. The first kappa shape index (κ1) is 10.6. The number of amides is 1. The molecule has 5 nitrogen and oxygen atoms in total. The molecular weight excluding hydrogens is 224 g/mol. The quantitative estimate of drug-likeness (QED) is 0.776. The highest BCUT2D eigenvalue weighted by Gasteiger charge is 2.07. The SMILES string of the molecule is Cc1n[nH]c(=S)n1NC(=O)c1ccccc1. The fourth-order valence-corrected chi connectivity index (χ4v) is 1.49. The van der Waals surface area contributed by atoms with E-state index in [1.807, 2.05) is 6.07 Å². The van der Waals surface area contributed by atoms with Crippen LogP contribution in [0.5, 0.6) is 0 Å². The minimum atomic E-state index is -0.221. The van der Waals surface area contributed by atoms with E-state index >= 15 is 0 Å². The molecule has 0 aliphatic carbocycles. The van der Waals surface area contributed by atoms with E-state index in [4.69, 9.17) is 12.2 Å². The number of nitrogens with one attached hydrogen (secondary N) is 2. The van der Waals surface area contributed by atoms with Crippen LogP contribution < -0.4 is 5.43 Å². The fourth-order valence-electron chi connectivity index (χ4n) is 1.26. The molecule has 0 saturated carbocycles. The van der Waals surface area contributed by atoms with Crippen LogP contribution >= 0.6 is 12.2 Å². The summed E-state index contributed by atoms with van der Waals surface area (Å²) >= 11 is 4.97. The summed E-state index contributed by atoms with van der Waals surface area (Å²) in [5.41, 5.74) is 3.23. The summed E-state index contributed by atoms with van der Waals surface area (Å²) in [4.78, 5) is 11.8. The van der Waals surface area contributed by atoms with Crippen LogP contribution in [0.4, 0.5) is 0 Å². The number of aryl methyl sites for hydroxylation is 1. The van der Waals surface area contributed by atoms with Crippen LogP contribution in [-0.4, -0.2) is 20.8 Å². The Labute approximate surface area is 97.1 Å². The Balaban J connectivity index is 2.24. The highest BCUT2D eigenvalue weighted by Crippen LogP contribution is 2.00. The van der Waals surface area contributed by atoms with E-state index in [2.05, 4.69) is 15.6 Å². The lowest BCUT2D eigenvalue weighted by atomic mass is 10.2. The van der Waals surface area contributed by atoms with Crippen LogP contribution in [0.2, 0.25) is 0 Å². The van der Waals surface area contributed by atoms with Crippen molar-refractivity contribution in [3.05, 3.63) is 46.5 Å². The van der Waals surface area contributed by atoms with E-state index in [1.54, 1.807) is 31.2 Å². The zero-order valence-electron chi connectivity index (χ0n) is 8.60. The minimum Gasteiger partial charge on any atom is -0.267 e. The molecule has 1 aromatic heterocycles. The molecule has 16 heavy (non-hydrogen) atoms. The van der Waals surface area contributed by atoms with Gasteiger partial charge in [0.1, 0.15) is 5.82 Å². The van der Waals surface area contributed by atoms with Gasteiger partial charge in [0, 0.05) is 5.56 Å². The van der Waals surface area contributed by atoms with Crippen LogP contribution in [-0.2, 0) is 0 Å². The Morgan fingerprint density at radius 2 is 2.12 bits per heavy atom. The summed E-state index contributed by atoms with van der Waals surface area (Å²) in [5, 5.41) is 6.49. The highest BCUT2D eigenvalue weighted by atomic mass is 32.1. The zero-order valence-corrected chi connectivity index (χ0v) is 9.41. The molecule has 6 heteroatoms. The second-order valence-electron chi connectivity index (χ2n) is 3.22. The summed E-state index contributed by atoms with van der Waals surface area (Å²) in [7, 11) is 0. The van der Waals surface area contributed by atoms with Crippen LogP contribution in [0.3, 0.4) is 0 Å². The average Bonchev–Trinajstić information content (AvgIpc) is 2.62. The second-order valence-corrected chi connectivity index (χ2v) is 3.61. The summed E-state index contributed by atoms with van der Waals surface area (Å²) in [6.07, 6.45) is 0. The molecule has 0 unspecified atom stereocenters. The molecule has 0 atom stereocenters. The smallest absolute Gasteiger partial charge is 0.267 e. The zero-order chi connectivity index (χ0) is 11.5. The van der Waals surface area contributed by atoms with Crippen LogP contribution in [0.1, 0.15) is 16.2 Å². The van der Waals surface area contributed by atoms with E-state index in [-0.39, 0.29) is 5.91 Å². The summed E-state index contributed by atoms with van der Waals surface area (Å²) in [6.45, 7) is 1.75. The van der Waals surface area contributed by atoms with Gasteiger partial charge in [-0.1, -0.05) is 18.2 Å². The molecule has 0 aliphatic heterocycles. The van der Waals surface area contributed by atoms with E-state index in [9.17, 15) is 4.79 Å². The maximum Gasteiger partial charge on any atom is 0.270 e. The molecule has 1 heterocycles. The number of hydrogen-bond acceptors (Lipinski definition) is 3. The lowest BCUT2D eigenvalue weighted by molar-refractivity contribution is 0.101. The molecule has 1 aromatic carbocycles. The maximum absolute atomic E-state index is 11.8. The van der Waals surface area contributed by atoms with Crippen molar-refractivity contribution < 1.29 is 4.79 Å². The van der Waals surface area contributed by atoms with Crippen LogP contribution in [0, 0.1) is 11.7 Å². The molecule has 2 aromatic rings. The summed E-state index contributed by atoms with van der Waals surface area (Å²) < 4.78 is 1.80. The number of rotatable bonds is 2. The Kier molecular flexibility index (Phi) is 2.82. The summed E-state index contributed by atoms with van der Waals surface area (Å²) in [5.74, 6) is 0.385. The minimum absolute atomic E-state index is 0.221. The Bertz CT molecular complexity index is 558. The third-order valence-electron chi connectivity index (χ3n) is 2.09. The van der Waals surface area contributed by atoms with Gasteiger partial charge in [0.15, 0.2) is 0 Å². The standard InChI is InChI=1S/C10H10N4OS/c1-7-11-12-10(16)14(7)13-9(15)8-5-3-2-4-6-8/h2-6H,1H3,(H,12,16)(H,13,15). The topological polar surface area (TPSA) is 62.7 Å². The maximum atomic E-state index is 11.8. The van der Waals surface area contributed by atoms with Crippen molar-refractivity contribution in [3.63, 3.8) is 0 Å². The first-order chi connectivity index (χ1) is 7.68. The Morgan fingerprint density at radius 3 is 2.69 bits per heavy atom. The number of aromatic nitrogens is 3. The fraction of sp³-hybridized carbons (Fsp3) is 0.100. The highest BCUT2D eigenvalue weighted by molar-refractivity contribution is 7.71. The molecule has 0 aliphatic rings. The average molecular weight is 234 g/mol. The van der Waals surface area contributed by atoms with Gasteiger partial charge < -0.3 is 0 Å². The van der Waals surface area contributed by atoms with Gasteiger partial charge in [0.2, 0.25) is 4.77 Å². The number of H-pyrrole nitrogens is 1.